The van der Waals surface area contributed by atoms with Crippen molar-refractivity contribution < 1.29 is 9.59 Å². The van der Waals surface area contributed by atoms with Gasteiger partial charge in [0.05, 0.1) is 4.88 Å². The third-order valence-electron chi connectivity index (χ3n) is 5.91. The monoisotopic (exact) mass is 419 g/mol. The maximum absolute atomic E-state index is 13.1. The van der Waals surface area contributed by atoms with Crippen LogP contribution >= 0.6 is 11.3 Å². The van der Waals surface area contributed by atoms with Crippen LogP contribution in [0.2, 0.25) is 0 Å². The van der Waals surface area contributed by atoms with E-state index in [-0.39, 0.29) is 29.2 Å². The van der Waals surface area contributed by atoms with Crippen molar-refractivity contribution in [1.82, 2.24) is 9.47 Å². The van der Waals surface area contributed by atoms with Crippen molar-refractivity contribution in [2.24, 2.45) is 5.92 Å². The lowest BCUT2D eigenvalue weighted by Gasteiger charge is -2.43. The Morgan fingerprint density at radius 3 is 2.57 bits per heavy atom. The average Bonchev–Trinajstić information content (AvgIpc) is 3.31. The minimum absolute atomic E-state index is 0.0425. The molecule has 6 nitrogen and oxygen atoms in total. The van der Waals surface area contributed by atoms with E-state index in [0.717, 1.165) is 12.1 Å². The van der Waals surface area contributed by atoms with E-state index in [1.54, 1.807) is 16.7 Å². The van der Waals surface area contributed by atoms with Gasteiger partial charge in [0.1, 0.15) is 5.69 Å². The molecule has 2 aromatic heterocycles. The molecule has 2 aliphatic heterocycles. The molecule has 3 aromatic rings. The SMILES string of the molecule is O=C(Nc1ccc2n(c1=O)CC1CC2CN(C(=O)c2ccccc2)C1)c1cccs1. The number of nitrogens with one attached hydrogen (secondary N) is 1. The second-order valence-electron chi connectivity index (χ2n) is 7.89. The van der Waals surface area contributed by atoms with E-state index in [4.69, 9.17) is 0 Å². The summed E-state index contributed by atoms with van der Waals surface area (Å²) < 4.78 is 1.78. The first-order valence-electron chi connectivity index (χ1n) is 10.0. The van der Waals surface area contributed by atoms with Crippen LogP contribution in [0, 0.1) is 5.92 Å². The molecule has 0 aliphatic carbocycles. The molecule has 0 saturated carbocycles. The Balaban J connectivity index is 1.39. The van der Waals surface area contributed by atoms with Crippen molar-refractivity contribution >= 4 is 28.8 Å². The zero-order chi connectivity index (χ0) is 20.7. The van der Waals surface area contributed by atoms with Crippen LogP contribution in [0.5, 0.6) is 0 Å². The Hall–Kier alpha value is -3.19. The van der Waals surface area contributed by atoms with Gasteiger partial charge in [0.2, 0.25) is 0 Å². The zero-order valence-electron chi connectivity index (χ0n) is 16.3. The van der Waals surface area contributed by atoms with E-state index in [1.807, 2.05) is 52.7 Å². The molecule has 2 amide bonds. The molecule has 1 fully saturated rings. The zero-order valence-corrected chi connectivity index (χ0v) is 17.1. The molecule has 2 atom stereocenters. The van der Waals surface area contributed by atoms with E-state index in [1.165, 1.54) is 11.3 Å². The van der Waals surface area contributed by atoms with Gasteiger partial charge in [0.15, 0.2) is 0 Å². The first-order valence-corrected chi connectivity index (χ1v) is 10.9. The smallest absolute Gasteiger partial charge is 0.274 e. The summed E-state index contributed by atoms with van der Waals surface area (Å²) in [6.07, 6.45) is 0.971. The fourth-order valence-corrected chi connectivity index (χ4v) is 5.18. The minimum atomic E-state index is -0.265. The van der Waals surface area contributed by atoms with Crippen molar-refractivity contribution in [3.63, 3.8) is 0 Å². The molecular weight excluding hydrogens is 398 g/mol. The molecule has 0 spiro atoms. The molecule has 1 N–H and O–H groups in total. The summed E-state index contributed by atoms with van der Waals surface area (Å²) in [5.74, 6) is 0.129. The highest BCUT2D eigenvalue weighted by molar-refractivity contribution is 7.12. The van der Waals surface area contributed by atoms with Crippen LogP contribution in [0.3, 0.4) is 0 Å². The van der Waals surface area contributed by atoms with E-state index < -0.39 is 0 Å². The first kappa shape index (κ1) is 18.8. The maximum Gasteiger partial charge on any atom is 0.274 e. The summed E-state index contributed by atoms with van der Waals surface area (Å²) in [5, 5.41) is 4.58. The van der Waals surface area contributed by atoms with Gasteiger partial charge in [-0.05, 0) is 48.1 Å². The summed E-state index contributed by atoms with van der Waals surface area (Å²) in [7, 11) is 0. The molecule has 2 unspecified atom stereocenters. The standard InChI is InChI=1S/C23H21N3O3S/c27-21(20-7-4-10-30-20)24-18-8-9-19-17-11-15(13-26(19)23(18)29)12-25(14-17)22(28)16-5-2-1-3-6-16/h1-10,15,17H,11-14H2,(H,24,27). The summed E-state index contributed by atoms with van der Waals surface area (Å²) in [5.41, 5.74) is 1.77. The van der Waals surface area contributed by atoms with Gasteiger partial charge in [-0.15, -0.1) is 11.3 Å². The van der Waals surface area contributed by atoms with Crippen molar-refractivity contribution in [2.75, 3.05) is 18.4 Å². The summed E-state index contributed by atoms with van der Waals surface area (Å²) in [6, 6.07) is 16.5. The number of likely N-dealkylation sites (tertiary alicyclic amines) is 1. The van der Waals surface area contributed by atoms with Crippen LogP contribution in [0.15, 0.2) is 64.8 Å². The van der Waals surface area contributed by atoms with Crippen molar-refractivity contribution in [1.29, 1.82) is 0 Å². The van der Waals surface area contributed by atoms with Crippen LogP contribution in [0.4, 0.5) is 5.69 Å². The molecular formula is C23H21N3O3S. The molecule has 30 heavy (non-hydrogen) atoms. The molecule has 1 saturated heterocycles. The largest absolute Gasteiger partial charge is 0.338 e. The van der Waals surface area contributed by atoms with Gasteiger partial charge in [-0.25, -0.2) is 0 Å². The number of piperidine rings is 1. The van der Waals surface area contributed by atoms with Crippen molar-refractivity contribution in [3.8, 4) is 0 Å². The topological polar surface area (TPSA) is 71.4 Å². The van der Waals surface area contributed by atoms with Gasteiger partial charge >= 0.3 is 0 Å². The second-order valence-corrected chi connectivity index (χ2v) is 8.84. The number of thiophene rings is 1. The van der Waals surface area contributed by atoms with Crippen LogP contribution < -0.4 is 10.9 Å². The fourth-order valence-electron chi connectivity index (χ4n) is 4.56. The number of carbonyl (C=O) groups excluding carboxylic acids is 2. The Kier molecular flexibility index (Phi) is 4.75. The van der Waals surface area contributed by atoms with Crippen LogP contribution in [-0.2, 0) is 6.54 Å². The Bertz CT molecular complexity index is 1150. The number of aromatic nitrogens is 1. The third-order valence-corrected chi connectivity index (χ3v) is 6.77. The maximum atomic E-state index is 13.1. The van der Waals surface area contributed by atoms with Gasteiger partial charge in [0.25, 0.3) is 17.4 Å². The van der Waals surface area contributed by atoms with Gasteiger partial charge in [-0.1, -0.05) is 24.3 Å². The highest BCUT2D eigenvalue weighted by Crippen LogP contribution is 2.36. The van der Waals surface area contributed by atoms with E-state index in [2.05, 4.69) is 5.32 Å². The average molecular weight is 420 g/mol. The highest BCUT2D eigenvalue weighted by Gasteiger charge is 2.37. The Morgan fingerprint density at radius 2 is 1.80 bits per heavy atom. The van der Waals surface area contributed by atoms with Crippen molar-refractivity contribution in [2.45, 2.75) is 18.9 Å². The number of hydrogen-bond donors (Lipinski definition) is 1. The van der Waals surface area contributed by atoms with Crippen LogP contribution in [-0.4, -0.2) is 34.4 Å². The molecule has 0 radical (unpaired) electrons. The van der Waals surface area contributed by atoms with E-state index in [0.29, 0.717) is 35.8 Å². The summed E-state index contributed by atoms with van der Waals surface area (Å²) in [4.78, 5) is 40.8. The predicted octanol–water partition coefficient (Wildman–Crippen LogP) is 3.42. The number of anilines is 1. The van der Waals surface area contributed by atoms with E-state index in [9.17, 15) is 14.4 Å². The molecule has 2 bridgehead atoms. The fraction of sp³-hybridized carbons (Fsp3) is 0.261. The quantitative estimate of drug-likeness (QED) is 0.707. The summed E-state index contributed by atoms with van der Waals surface area (Å²) in [6.45, 7) is 1.80. The summed E-state index contributed by atoms with van der Waals surface area (Å²) >= 11 is 1.34. The Labute approximate surface area is 177 Å². The highest BCUT2D eigenvalue weighted by atomic mass is 32.1. The number of carbonyl (C=O) groups is 2. The predicted molar refractivity (Wildman–Crippen MR) is 116 cm³/mol. The number of pyridine rings is 1. The van der Waals surface area contributed by atoms with E-state index >= 15 is 0 Å². The number of fused-ring (bicyclic) bond motifs is 4. The molecule has 7 heteroatoms. The number of hydrogen-bond acceptors (Lipinski definition) is 4. The third kappa shape index (κ3) is 3.35. The number of nitrogens with zero attached hydrogens (tertiary/aromatic N) is 2. The normalized spacial score (nSPS) is 19.8. The number of rotatable bonds is 3. The molecule has 2 aliphatic rings. The van der Waals surface area contributed by atoms with Gasteiger partial charge < -0.3 is 14.8 Å². The molecule has 5 rings (SSSR count). The van der Waals surface area contributed by atoms with Gasteiger partial charge in [-0.3, -0.25) is 14.4 Å². The van der Waals surface area contributed by atoms with Crippen LogP contribution in [0.1, 0.15) is 38.1 Å². The minimum Gasteiger partial charge on any atom is -0.338 e. The molecule has 4 heterocycles. The van der Waals surface area contributed by atoms with Gasteiger partial charge in [-0.2, -0.15) is 0 Å². The number of benzene rings is 1. The second kappa shape index (κ2) is 7.57. The lowest BCUT2D eigenvalue weighted by molar-refractivity contribution is 0.0594. The Morgan fingerprint density at radius 1 is 0.967 bits per heavy atom. The lowest BCUT2D eigenvalue weighted by atomic mass is 9.83. The molecule has 152 valence electrons. The lowest BCUT2D eigenvalue weighted by Crippen LogP contribution is -2.49. The molecule has 1 aromatic carbocycles. The first-order chi connectivity index (χ1) is 14.6. The van der Waals surface area contributed by atoms with Gasteiger partial charge in [0, 0.05) is 36.8 Å². The van der Waals surface area contributed by atoms with Crippen LogP contribution in [0.25, 0.3) is 0 Å². The van der Waals surface area contributed by atoms with Crippen molar-refractivity contribution in [3.05, 3.63) is 86.5 Å². The number of amides is 2.